The van der Waals surface area contributed by atoms with Gasteiger partial charge in [-0.15, -0.1) is 0 Å². The van der Waals surface area contributed by atoms with Crippen LogP contribution in [0.4, 0.5) is 0 Å². The van der Waals surface area contributed by atoms with Crippen molar-refractivity contribution in [1.29, 1.82) is 0 Å². The standard InChI is InChI=1S/C38H34INO4/c1-23(2)43-35(41)33-34(36(42)44-24(3)4)40-22-21-25-13-5-8-16-28(25)38(40,31-19-11-12-20-32(31)39)37(33)29-17-9-6-14-26(29)27-15-7-10-18-30(27)37/h5-20,23-24H,21-22H2,1-4H3. The van der Waals surface area contributed by atoms with Crippen molar-refractivity contribution in [3.8, 4) is 11.1 Å². The molecule has 2 aliphatic heterocycles. The van der Waals surface area contributed by atoms with E-state index < -0.39 is 22.9 Å². The summed E-state index contributed by atoms with van der Waals surface area (Å²) in [5.74, 6) is -1.01. The Balaban J connectivity index is 1.76. The van der Waals surface area contributed by atoms with Crippen molar-refractivity contribution in [1.82, 2.24) is 4.90 Å². The number of esters is 2. The lowest BCUT2D eigenvalue weighted by Gasteiger charge is -2.55. The topological polar surface area (TPSA) is 55.8 Å². The second-order valence-electron chi connectivity index (χ2n) is 12.2. The molecule has 0 bridgehead atoms. The van der Waals surface area contributed by atoms with Crippen LogP contribution in [0.15, 0.2) is 108 Å². The lowest BCUT2D eigenvalue weighted by Crippen LogP contribution is -2.59. The average Bonchev–Trinajstić information content (AvgIpc) is 3.46. The molecule has 44 heavy (non-hydrogen) atoms. The Labute approximate surface area is 272 Å². The molecule has 0 N–H and O–H groups in total. The van der Waals surface area contributed by atoms with Crippen molar-refractivity contribution in [2.45, 2.75) is 57.3 Å². The first kappa shape index (κ1) is 28.8. The SMILES string of the molecule is CC(C)OC(=O)C1=C(C(=O)OC(C)C)C2(c3ccccc3-c3ccccc32)C2(c3ccccc3I)c3ccccc3CCN12. The molecule has 1 aliphatic carbocycles. The van der Waals surface area contributed by atoms with Gasteiger partial charge in [0.1, 0.15) is 11.2 Å². The number of rotatable bonds is 5. The second kappa shape index (κ2) is 10.6. The van der Waals surface area contributed by atoms with Gasteiger partial charge in [-0.25, -0.2) is 9.59 Å². The van der Waals surface area contributed by atoms with Crippen molar-refractivity contribution >= 4 is 34.5 Å². The molecule has 4 aromatic rings. The van der Waals surface area contributed by atoms with Gasteiger partial charge < -0.3 is 14.4 Å². The van der Waals surface area contributed by atoms with Gasteiger partial charge >= 0.3 is 11.9 Å². The molecule has 5 nitrogen and oxygen atoms in total. The first-order chi connectivity index (χ1) is 21.2. The Hall–Kier alpha value is -3.91. The van der Waals surface area contributed by atoms with Crippen molar-refractivity contribution in [2.24, 2.45) is 0 Å². The largest absolute Gasteiger partial charge is 0.460 e. The fourth-order valence-corrected chi connectivity index (χ4v) is 8.74. The lowest BCUT2D eigenvalue weighted by molar-refractivity contribution is -0.147. The minimum absolute atomic E-state index is 0.282. The zero-order valence-electron chi connectivity index (χ0n) is 25.3. The van der Waals surface area contributed by atoms with Crippen LogP contribution in [0.25, 0.3) is 11.1 Å². The molecule has 4 aromatic carbocycles. The number of hydrogen-bond donors (Lipinski definition) is 0. The van der Waals surface area contributed by atoms with Gasteiger partial charge in [0.05, 0.1) is 23.2 Å². The molecule has 3 aliphatic rings. The highest BCUT2D eigenvalue weighted by Crippen LogP contribution is 2.70. The molecule has 1 unspecified atom stereocenters. The minimum atomic E-state index is -1.13. The molecule has 0 aromatic heterocycles. The number of hydrogen-bond acceptors (Lipinski definition) is 5. The molecule has 0 radical (unpaired) electrons. The van der Waals surface area contributed by atoms with Crippen molar-refractivity contribution < 1.29 is 19.1 Å². The first-order valence-corrected chi connectivity index (χ1v) is 16.3. The zero-order valence-corrected chi connectivity index (χ0v) is 27.4. The van der Waals surface area contributed by atoms with E-state index in [2.05, 4.69) is 94.2 Å². The second-order valence-corrected chi connectivity index (χ2v) is 13.4. The van der Waals surface area contributed by atoms with Crippen LogP contribution >= 0.6 is 22.6 Å². The Morgan fingerprint density at radius 2 is 1.18 bits per heavy atom. The van der Waals surface area contributed by atoms with Crippen LogP contribution in [0.5, 0.6) is 0 Å². The van der Waals surface area contributed by atoms with Gasteiger partial charge in [0.25, 0.3) is 0 Å². The zero-order chi connectivity index (χ0) is 30.8. The smallest absolute Gasteiger partial charge is 0.355 e. The van der Waals surface area contributed by atoms with Crippen LogP contribution in [0.2, 0.25) is 0 Å². The molecule has 1 atom stereocenters. The van der Waals surface area contributed by atoms with Crippen LogP contribution < -0.4 is 0 Å². The molecule has 0 fully saturated rings. The van der Waals surface area contributed by atoms with Gasteiger partial charge in [0.15, 0.2) is 0 Å². The van der Waals surface area contributed by atoms with E-state index in [4.69, 9.17) is 9.47 Å². The highest BCUT2D eigenvalue weighted by atomic mass is 127. The van der Waals surface area contributed by atoms with Crippen LogP contribution in [-0.2, 0) is 36.4 Å². The average molecular weight is 696 g/mol. The van der Waals surface area contributed by atoms with Crippen LogP contribution in [-0.4, -0.2) is 35.6 Å². The third kappa shape index (κ3) is 3.76. The molecule has 0 amide bonds. The number of carbonyl (C=O) groups excluding carboxylic acids is 2. The number of carbonyl (C=O) groups is 2. The number of nitrogens with zero attached hydrogens (tertiary/aromatic N) is 1. The van der Waals surface area contributed by atoms with E-state index in [0.29, 0.717) is 18.5 Å². The van der Waals surface area contributed by atoms with Crippen LogP contribution in [0, 0.1) is 3.57 Å². The predicted molar refractivity (Wildman–Crippen MR) is 179 cm³/mol. The third-order valence-electron chi connectivity index (χ3n) is 9.14. The molecular formula is C38H34INO4. The summed E-state index contributed by atoms with van der Waals surface area (Å²) in [6.07, 6.45) is -0.0504. The summed E-state index contributed by atoms with van der Waals surface area (Å²) in [5, 5.41) is 0. The molecule has 7 rings (SSSR count). The van der Waals surface area contributed by atoms with Gasteiger partial charge in [-0.05, 0) is 102 Å². The summed E-state index contributed by atoms with van der Waals surface area (Å²) in [6, 6.07) is 33.5. The molecule has 6 heteroatoms. The van der Waals surface area contributed by atoms with Gasteiger partial charge in [-0.1, -0.05) is 91.0 Å². The summed E-state index contributed by atoms with van der Waals surface area (Å²) in [6.45, 7) is 7.90. The fourth-order valence-electron chi connectivity index (χ4n) is 7.96. The molecule has 0 saturated heterocycles. The molecule has 1 spiro atoms. The van der Waals surface area contributed by atoms with E-state index in [1.807, 2.05) is 58.0 Å². The van der Waals surface area contributed by atoms with E-state index in [1.165, 1.54) is 5.56 Å². The summed E-state index contributed by atoms with van der Waals surface area (Å²) in [7, 11) is 0. The van der Waals surface area contributed by atoms with Crippen molar-refractivity contribution in [3.63, 3.8) is 0 Å². The maximum absolute atomic E-state index is 14.8. The quantitative estimate of drug-likeness (QED) is 0.160. The molecule has 222 valence electrons. The summed E-state index contributed by atoms with van der Waals surface area (Å²) >= 11 is 2.41. The van der Waals surface area contributed by atoms with E-state index >= 15 is 0 Å². The molecular weight excluding hydrogens is 661 g/mol. The fraction of sp³-hybridized carbons (Fsp3) is 0.263. The Morgan fingerprint density at radius 1 is 0.682 bits per heavy atom. The maximum atomic E-state index is 14.8. The first-order valence-electron chi connectivity index (χ1n) is 15.2. The normalized spacial score (nSPS) is 19.1. The summed E-state index contributed by atoms with van der Waals surface area (Å²) in [5.41, 5.74) is 5.83. The summed E-state index contributed by atoms with van der Waals surface area (Å²) in [4.78, 5) is 31.5. The van der Waals surface area contributed by atoms with Gasteiger partial charge in [0, 0.05) is 10.1 Å². The number of ether oxygens (including phenoxy) is 2. The van der Waals surface area contributed by atoms with Crippen LogP contribution in [0.1, 0.15) is 55.5 Å². The van der Waals surface area contributed by atoms with Gasteiger partial charge in [-0.2, -0.15) is 0 Å². The highest BCUT2D eigenvalue weighted by molar-refractivity contribution is 14.1. The van der Waals surface area contributed by atoms with Crippen LogP contribution in [0.3, 0.4) is 0 Å². The van der Waals surface area contributed by atoms with E-state index in [-0.39, 0.29) is 17.9 Å². The Morgan fingerprint density at radius 3 is 1.77 bits per heavy atom. The van der Waals surface area contributed by atoms with Crippen molar-refractivity contribution in [3.05, 3.63) is 140 Å². The highest BCUT2D eigenvalue weighted by Gasteiger charge is 2.73. The Kier molecular flexibility index (Phi) is 6.96. The monoisotopic (exact) mass is 695 g/mol. The van der Waals surface area contributed by atoms with E-state index in [9.17, 15) is 9.59 Å². The number of fused-ring (bicyclic) bond motifs is 9. The van der Waals surface area contributed by atoms with Crippen molar-refractivity contribution in [2.75, 3.05) is 6.54 Å². The number of benzene rings is 4. The van der Waals surface area contributed by atoms with Gasteiger partial charge in [-0.3, -0.25) is 0 Å². The predicted octanol–water partition coefficient (Wildman–Crippen LogP) is 7.53. The van der Waals surface area contributed by atoms with E-state index in [1.54, 1.807) is 0 Å². The number of halogens is 1. The van der Waals surface area contributed by atoms with Gasteiger partial charge in [0.2, 0.25) is 0 Å². The third-order valence-corrected chi connectivity index (χ3v) is 10.1. The lowest BCUT2D eigenvalue weighted by atomic mass is 9.54. The minimum Gasteiger partial charge on any atom is -0.460 e. The molecule has 0 saturated carbocycles. The molecule has 2 heterocycles. The summed E-state index contributed by atoms with van der Waals surface area (Å²) < 4.78 is 13.2. The maximum Gasteiger partial charge on any atom is 0.355 e. The van der Waals surface area contributed by atoms with E-state index in [0.717, 1.165) is 37.0 Å². The Bertz CT molecular complexity index is 1810.